The van der Waals surface area contributed by atoms with Gasteiger partial charge >= 0.3 is 0 Å². The topological polar surface area (TPSA) is 38.3 Å². The summed E-state index contributed by atoms with van der Waals surface area (Å²) in [7, 11) is 0. The van der Waals surface area contributed by atoms with Crippen LogP contribution in [0.5, 0.6) is 5.75 Å². The maximum atomic E-state index is 11.3. The molecule has 3 nitrogen and oxygen atoms in total. The molecule has 0 saturated heterocycles. The van der Waals surface area contributed by atoms with Crippen molar-refractivity contribution in [3.8, 4) is 5.75 Å². The monoisotopic (exact) mass is 217 g/mol. The molecular formula is C13H15NO2. The van der Waals surface area contributed by atoms with E-state index < -0.39 is 0 Å². The van der Waals surface area contributed by atoms with E-state index in [1.165, 1.54) is 6.08 Å². The van der Waals surface area contributed by atoms with Crippen LogP contribution in [0.15, 0.2) is 30.9 Å². The number of nitrogens with one attached hydrogen (secondary N) is 1. The van der Waals surface area contributed by atoms with Gasteiger partial charge in [-0.15, -0.1) is 0 Å². The van der Waals surface area contributed by atoms with Gasteiger partial charge in [0.2, 0.25) is 5.91 Å². The third kappa shape index (κ3) is 1.94. The molecule has 1 heterocycles. The summed E-state index contributed by atoms with van der Waals surface area (Å²) in [6, 6.07) is 6.02. The summed E-state index contributed by atoms with van der Waals surface area (Å²) in [4.78, 5) is 11.3. The molecule has 0 bridgehead atoms. The normalized spacial score (nSPS) is 18.2. The molecule has 1 aromatic carbocycles. The average Bonchev–Trinajstić information content (AvgIpc) is 2.30. The highest BCUT2D eigenvalue weighted by Gasteiger charge is 2.23. The molecule has 1 N–H and O–H groups in total. The van der Waals surface area contributed by atoms with Crippen LogP contribution in [0.4, 0.5) is 0 Å². The lowest BCUT2D eigenvalue weighted by Crippen LogP contribution is -2.31. The molecule has 0 aromatic heterocycles. The van der Waals surface area contributed by atoms with Crippen molar-refractivity contribution in [3.05, 3.63) is 42.0 Å². The van der Waals surface area contributed by atoms with Crippen LogP contribution in [0, 0.1) is 6.92 Å². The molecule has 0 saturated carbocycles. The Balaban J connectivity index is 2.29. The molecule has 3 heteroatoms. The second kappa shape index (κ2) is 4.39. The largest absolute Gasteiger partial charge is 0.493 e. The number of carbonyl (C=O) groups excluding carboxylic acids is 1. The van der Waals surface area contributed by atoms with E-state index in [9.17, 15) is 4.79 Å². The number of benzene rings is 1. The SMILES string of the molecule is C=CC(=O)NC1CCOc2c(C)cccc21. The van der Waals surface area contributed by atoms with Crippen LogP contribution in [-0.4, -0.2) is 12.5 Å². The Hall–Kier alpha value is -1.77. The molecule has 1 aliphatic rings. The highest BCUT2D eigenvalue weighted by atomic mass is 16.5. The lowest BCUT2D eigenvalue weighted by atomic mass is 9.98. The van der Waals surface area contributed by atoms with Crippen molar-refractivity contribution in [3.63, 3.8) is 0 Å². The lowest BCUT2D eigenvalue weighted by Gasteiger charge is -2.27. The van der Waals surface area contributed by atoms with Crippen molar-refractivity contribution in [2.24, 2.45) is 0 Å². The summed E-state index contributed by atoms with van der Waals surface area (Å²) in [5.74, 6) is 0.766. The van der Waals surface area contributed by atoms with Crippen molar-refractivity contribution < 1.29 is 9.53 Å². The van der Waals surface area contributed by atoms with Gasteiger partial charge in [0.25, 0.3) is 0 Å². The Bertz CT molecular complexity index is 426. The van der Waals surface area contributed by atoms with Gasteiger partial charge in [0.1, 0.15) is 5.75 Å². The number of aryl methyl sites for hydroxylation is 1. The molecule has 0 aliphatic carbocycles. The van der Waals surface area contributed by atoms with Crippen LogP contribution in [0.2, 0.25) is 0 Å². The first kappa shape index (κ1) is 10.7. The van der Waals surface area contributed by atoms with Crippen LogP contribution in [0.1, 0.15) is 23.6 Å². The molecule has 16 heavy (non-hydrogen) atoms. The van der Waals surface area contributed by atoms with E-state index in [1.807, 2.05) is 25.1 Å². The predicted molar refractivity (Wildman–Crippen MR) is 62.4 cm³/mol. The van der Waals surface area contributed by atoms with Gasteiger partial charge in [-0.1, -0.05) is 24.8 Å². The summed E-state index contributed by atoms with van der Waals surface area (Å²) in [5.41, 5.74) is 2.16. The van der Waals surface area contributed by atoms with E-state index in [0.717, 1.165) is 23.3 Å². The van der Waals surface area contributed by atoms with Gasteiger partial charge in [-0.25, -0.2) is 0 Å². The lowest BCUT2D eigenvalue weighted by molar-refractivity contribution is -0.117. The van der Waals surface area contributed by atoms with Gasteiger partial charge in [-0.3, -0.25) is 4.79 Å². The Morgan fingerprint density at radius 3 is 3.19 bits per heavy atom. The minimum atomic E-state index is -0.139. The molecule has 2 rings (SSSR count). The molecule has 1 atom stereocenters. The van der Waals surface area contributed by atoms with Gasteiger partial charge in [-0.05, 0) is 18.6 Å². The summed E-state index contributed by atoms with van der Waals surface area (Å²) >= 11 is 0. The minimum absolute atomic E-state index is 0.0362. The first-order chi connectivity index (χ1) is 7.72. The maximum Gasteiger partial charge on any atom is 0.243 e. The summed E-state index contributed by atoms with van der Waals surface area (Å²) in [6.07, 6.45) is 2.10. The fraction of sp³-hybridized carbons (Fsp3) is 0.308. The Morgan fingerprint density at radius 2 is 2.44 bits per heavy atom. The number of hydrogen-bond donors (Lipinski definition) is 1. The first-order valence-corrected chi connectivity index (χ1v) is 5.37. The van der Waals surface area contributed by atoms with Gasteiger partial charge in [0, 0.05) is 12.0 Å². The predicted octanol–water partition coefficient (Wildman–Crippen LogP) is 2.12. The number of hydrogen-bond acceptors (Lipinski definition) is 2. The van der Waals surface area contributed by atoms with Crippen LogP contribution in [-0.2, 0) is 4.79 Å². The number of para-hydroxylation sites is 1. The number of ether oxygens (including phenoxy) is 1. The first-order valence-electron chi connectivity index (χ1n) is 5.37. The Labute approximate surface area is 95.1 Å². The second-order valence-corrected chi connectivity index (χ2v) is 3.90. The minimum Gasteiger partial charge on any atom is -0.493 e. The molecule has 0 radical (unpaired) electrons. The highest BCUT2D eigenvalue weighted by Crippen LogP contribution is 2.34. The van der Waals surface area contributed by atoms with E-state index in [4.69, 9.17) is 4.74 Å². The Kier molecular flexibility index (Phi) is 2.95. The van der Waals surface area contributed by atoms with E-state index in [1.54, 1.807) is 0 Å². The maximum absolute atomic E-state index is 11.3. The van der Waals surface area contributed by atoms with Crippen molar-refractivity contribution in [1.29, 1.82) is 0 Å². The quantitative estimate of drug-likeness (QED) is 0.770. The summed E-state index contributed by atoms with van der Waals surface area (Å²) in [5, 5.41) is 2.91. The van der Waals surface area contributed by atoms with Crippen LogP contribution >= 0.6 is 0 Å². The molecular weight excluding hydrogens is 202 g/mol. The van der Waals surface area contributed by atoms with Gasteiger partial charge < -0.3 is 10.1 Å². The fourth-order valence-electron chi connectivity index (χ4n) is 1.96. The molecule has 1 aromatic rings. The molecule has 1 aliphatic heterocycles. The van der Waals surface area contributed by atoms with Crippen LogP contribution in [0.3, 0.4) is 0 Å². The standard InChI is InChI=1S/C13H15NO2/c1-3-12(15)14-11-7-8-16-13-9(2)5-4-6-10(11)13/h3-6,11H,1,7-8H2,2H3,(H,14,15). The molecule has 1 unspecified atom stereocenters. The van der Waals surface area contributed by atoms with E-state index in [-0.39, 0.29) is 11.9 Å². The number of rotatable bonds is 2. The summed E-state index contributed by atoms with van der Waals surface area (Å²) in [6.45, 7) is 6.11. The third-order valence-corrected chi connectivity index (χ3v) is 2.77. The molecule has 1 amide bonds. The zero-order chi connectivity index (χ0) is 11.5. The highest BCUT2D eigenvalue weighted by molar-refractivity contribution is 5.87. The van der Waals surface area contributed by atoms with E-state index >= 15 is 0 Å². The van der Waals surface area contributed by atoms with Crippen molar-refractivity contribution in [1.82, 2.24) is 5.32 Å². The smallest absolute Gasteiger partial charge is 0.243 e. The number of carbonyl (C=O) groups is 1. The molecule has 0 spiro atoms. The van der Waals surface area contributed by atoms with Crippen LogP contribution in [0.25, 0.3) is 0 Å². The van der Waals surface area contributed by atoms with E-state index in [2.05, 4.69) is 11.9 Å². The van der Waals surface area contributed by atoms with Gasteiger partial charge in [-0.2, -0.15) is 0 Å². The average molecular weight is 217 g/mol. The van der Waals surface area contributed by atoms with Crippen molar-refractivity contribution in [2.45, 2.75) is 19.4 Å². The van der Waals surface area contributed by atoms with Gasteiger partial charge in [0.15, 0.2) is 0 Å². The second-order valence-electron chi connectivity index (χ2n) is 3.90. The zero-order valence-electron chi connectivity index (χ0n) is 9.32. The fourth-order valence-corrected chi connectivity index (χ4v) is 1.96. The number of amides is 1. The van der Waals surface area contributed by atoms with Crippen molar-refractivity contribution in [2.75, 3.05) is 6.61 Å². The third-order valence-electron chi connectivity index (χ3n) is 2.77. The zero-order valence-corrected chi connectivity index (χ0v) is 9.32. The molecule has 84 valence electrons. The molecule has 0 fully saturated rings. The number of fused-ring (bicyclic) bond motifs is 1. The van der Waals surface area contributed by atoms with Crippen molar-refractivity contribution >= 4 is 5.91 Å². The van der Waals surface area contributed by atoms with Crippen LogP contribution < -0.4 is 10.1 Å². The van der Waals surface area contributed by atoms with Gasteiger partial charge in [0.05, 0.1) is 12.6 Å². The Morgan fingerprint density at radius 1 is 1.62 bits per heavy atom. The van der Waals surface area contributed by atoms with E-state index in [0.29, 0.717) is 6.61 Å². The summed E-state index contributed by atoms with van der Waals surface area (Å²) < 4.78 is 5.62.